The number of anilines is 1. The SMILES string of the molecule is CCCc1noc(C)c1C1(CN(C)C)Nc2ccccc2C1CO. The minimum absolute atomic E-state index is 0.0372. The van der Waals surface area contributed by atoms with E-state index in [1.807, 2.05) is 19.1 Å². The normalized spacial score (nSPS) is 22.7. The van der Waals surface area contributed by atoms with Gasteiger partial charge in [-0.1, -0.05) is 36.7 Å². The molecule has 2 atom stereocenters. The second kappa shape index (κ2) is 6.57. The van der Waals surface area contributed by atoms with E-state index in [0.29, 0.717) is 0 Å². The Labute approximate surface area is 143 Å². The fourth-order valence-electron chi connectivity index (χ4n) is 4.12. The predicted octanol–water partition coefficient (Wildman–Crippen LogP) is 2.89. The first-order chi connectivity index (χ1) is 11.5. The zero-order valence-corrected chi connectivity index (χ0v) is 15.0. The quantitative estimate of drug-likeness (QED) is 0.853. The summed E-state index contributed by atoms with van der Waals surface area (Å²) < 4.78 is 5.57. The molecule has 0 aliphatic carbocycles. The van der Waals surface area contributed by atoms with Crippen LogP contribution in [0.2, 0.25) is 0 Å². The second-order valence-electron chi connectivity index (χ2n) is 6.97. The molecule has 0 spiro atoms. The van der Waals surface area contributed by atoms with Crippen LogP contribution in [-0.4, -0.2) is 42.4 Å². The first-order valence-electron chi connectivity index (χ1n) is 8.61. The van der Waals surface area contributed by atoms with Gasteiger partial charge < -0.3 is 19.8 Å². The monoisotopic (exact) mass is 329 g/mol. The molecule has 2 heterocycles. The number of fused-ring (bicyclic) bond motifs is 1. The summed E-state index contributed by atoms with van der Waals surface area (Å²) in [5.74, 6) is 0.795. The average Bonchev–Trinajstić information content (AvgIpc) is 3.05. The number of aliphatic hydroxyl groups excluding tert-OH is 1. The lowest BCUT2D eigenvalue weighted by molar-refractivity contribution is 0.192. The Bertz CT molecular complexity index is 710. The topological polar surface area (TPSA) is 61.5 Å². The molecule has 1 aromatic heterocycles. The van der Waals surface area contributed by atoms with E-state index in [-0.39, 0.29) is 12.5 Å². The summed E-state index contributed by atoms with van der Waals surface area (Å²) in [7, 11) is 4.12. The molecule has 1 aliphatic rings. The van der Waals surface area contributed by atoms with Crippen molar-refractivity contribution in [3.05, 3.63) is 46.8 Å². The Kier molecular flexibility index (Phi) is 4.65. The molecule has 3 rings (SSSR count). The van der Waals surface area contributed by atoms with Gasteiger partial charge in [0.1, 0.15) is 5.76 Å². The summed E-state index contributed by atoms with van der Waals surface area (Å²) in [5, 5.41) is 18.3. The van der Waals surface area contributed by atoms with E-state index < -0.39 is 5.54 Å². The lowest BCUT2D eigenvalue weighted by atomic mass is 9.76. The Morgan fingerprint density at radius 2 is 2.08 bits per heavy atom. The van der Waals surface area contributed by atoms with Crippen molar-refractivity contribution in [2.24, 2.45) is 0 Å². The van der Waals surface area contributed by atoms with Crippen molar-refractivity contribution in [3.8, 4) is 0 Å². The lowest BCUT2D eigenvalue weighted by Gasteiger charge is -2.38. The highest BCUT2D eigenvalue weighted by atomic mass is 16.5. The van der Waals surface area contributed by atoms with E-state index in [1.54, 1.807) is 0 Å². The first-order valence-corrected chi connectivity index (χ1v) is 8.61. The van der Waals surface area contributed by atoms with Crippen LogP contribution in [0.3, 0.4) is 0 Å². The van der Waals surface area contributed by atoms with Crippen molar-refractivity contribution in [1.29, 1.82) is 0 Å². The van der Waals surface area contributed by atoms with Gasteiger partial charge in [0.2, 0.25) is 0 Å². The second-order valence-corrected chi connectivity index (χ2v) is 6.97. The predicted molar refractivity (Wildman–Crippen MR) is 95.4 cm³/mol. The van der Waals surface area contributed by atoms with E-state index in [1.165, 1.54) is 0 Å². The van der Waals surface area contributed by atoms with E-state index in [4.69, 9.17) is 4.52 Å². The van der Waals surface area contributed by atoms with Crippen LogP contribution in [0, 0.1) is 6.92 Å². The van der Waals surface area contributed by atoms with Crippen molar-refractivity contribution in [1.82, 2.24) is 10.1 Å². The summed E-state index contributed by atoms with van der Waals surface area (Å²) in [6.07, 6.45) is 1.88. The summed E-state index contributed by atoms with van der Waals surface area (Å²) in [5.41, 5.74) is 3.91. The number of nitrogens with zero attached hydrogens (tertiary/aromatic N) is 2. The van der Waals surface area contributed by atoms with Crippen LogP contribution in [0.15, 0.2) is 28.8 Å². The maximum Gasteiger partial charge on any atom is 0.139 e. The fourth-order valence-corrected chi connectivity index (χ4v) is 4.12. The highest BCUT2D eigenvalue weighted by molar-refractivity contribution is 5.64. The van der Waals surface area contributed by atoms with Gasteiger partial charge in [-0.05, 0) is 39.1 Å². The van der Waals surface area contributed by atoms with E-state index in [0.717, 1.165) is 47.7 Å². The Morgan fingerprint density at radius 1 is 1.33 bits per heavy atom. The van der Waals surface area contributed by atoms with Crippen LogP contribution in [0.25, 0.3) is 0 Å². The zero-order chi connectivity index (χ0) is 17.3. The summed E-state index contributed by atoms with van der Waals surface area (Å²) >= 11 is 0. The van der Waals surface area contributed by atoms with Gasteiger partial charge in [-0.15, -0.1) is 0 Å². The summed E-state index contributed by atoms with van der Waals surface area (Å²) in [6, 6.07) is 8.24. The largest absolute Gasteiger partial charge is 0.396 e. The molecule has 1 aromatic carbocycles. The molecule has 0 bridgehead atoms. The molecule has 0 radical (unpaired) electrons. The van der Waals surface area contributed by atoms with Crippen LogP contribution in [0.4, 0.5) is 5.69 Å². The van der Waals surface area contributed by atoms with Crippen molar-refractivity contribution in [2.75, 3.05) is 32.6 Å². The molecule has 2 aromatic rings. The number of rotatable bonds is 6. The highest BCUT2D eigenvalue weighted by Crippen LogP contribution is 2.50. The Hall–Kier alpha value is -1.85. The standard InChI is InChI=1S/C19H27N3O2/c1-5-8-17-18(13(2)24-21-17)19(12-22(3)4)15(11-23)14-9-6-7-10-16(14)20-19/h6-7,9-10,15,20,23H,5,8,11-12H2,1-4H3. The van der Waals surface area contributed by atoms with Crippen LogP contribution >= 0.6 is 0 Å². The van der Waals surface area contributed by atoms with Crippen molar-refractivity contribution >= 4 is 5.69 Å². The molecule has 2 N–H and O–H groups in total. The molecule has 1 aliphatic heterocycles. The van der Waals surface area contributed by atoms with Crippen molar-refractivity contribution in [3.63, 3.8) is 0 Å². The van der Waals surface area contributed by atoms with Crippen LogP contribution < -0.4 is 5.32 Å². The van der Waals surface area contributed by atoms with Gasteiger partial charge in [0.25, 0.3) is 0 Å². The molecule has 0 amide bonds. The smallest absolute Gasteiger partial charge is 0.139 e. The number of aromatic nitrogens is 1. The minimum Gasteiger partial charge on any atom is -0.396 e. The number of likely N-dealkylation sites (N-methyl/N-ethyl adjacent to an activating group) is 1. The number of hydrogen-bond acceptors (Lipinski definition) is 5. The molecule has 0 saturated heterocycles. The molecule has 5 nitrogen and oxygen atoms in total. The molecular formula is C19H27N3O2. The third kappa shape index (κ3) is 2.62. The maximum atomic E-state index is 10.3. The first kappa shape index (κ1) is 17.0. The minimum atomic E-state index is -0.434. The van der Waals surface area contributed by atoms with E-state index >= 15 is 0 Å². The third-order valence-electron chi connectivity index (χ3n) is 4.90. The van der Waals surface area contributed by atoms with Crippen molar-refractivity contribution in [2.45, 2.75) is 38.1 Å². The average molecular weight is 329 g/mol. The molecule has 5 heteroatoms. The van der Waals surface area contributed by atoms with Crippen LogP contribution in [-0.2, 0) is 12.0 Å². The fraction of sp³-hybridized carbons (Fsp3) is 0.526. The van der Waals surface area contributed by atoms with Gasteiger partial charge in [-0.3, -0.25) is 0 Å². The molecule has 2 unspecified atom stereocenters. The maximum absolute atomic E-state index is 10.3. The number of aliphatic hydroxyl groups is 1. The van der Waals surface area contributed by atoms with Gasteiger partial charge >= 0.3 is 0 Å². The number of aryl methyl sites for hydroxylation is 2. The van der Waals surface area contributed by atoms with Gasteiger partial charge in [0, 0.05) is 23.7 Å². The van der Waals surface area contributed by atoms with Crippen LogP contribution in [0.5, 0.6) is 0 Å². The van der Waals surface area contributed by atoms with Gasteiger partial charge in [-0.2, -0.15) is 0 Å². The zero-order valence-electron chi connectivity index (χ0n) is 15.0. The molecule has 0 fully saturated rings. The molecule has 0 saturated carbocycles. The summed E-state index contributed by atoms with van der Waals surface area (Å²) in [4.78, 5) is 2.16. The molecular weight excluding hydrogens is 302 g/mol. The lowest BCUT2D eigenvalue weighted by Crippen LogP contribution is -2.47. The van der Waals surface area contributed by atoms with E-state index in [2.05, 4.69) is 48.5 Å². The summed E-state index contributed by atoms with van der Waals surface area (Å²) in [6.45, 7) is 4.95. The number of benzene rings is 1. The van der Waals surface area contributed by atoms with E-state index in [9.17, 15) is 5.11 Å². The van der Waals surface area contributed by atoms with Crippen molar-refractivity contribution < 1.29 is 9.63 Å². The Morgan fingerprint density at radius 3 is 2.75 bits per heavy atom. The third-order valence-corrected chi connectivity index (χ3v) is 4.90. The Balaban J connectivity index is 2.19. The van der Waals surface area contributed by atoms with Gasteiger partial charge in [0.05, 0.1) is 17.8 Å². The highest BCUT2D eigenvalue weighted by Gasteiger charge is 2.50. The number of para-hydroxylation sites is 1. The number of nitrogens with one attached hydrogen (secondary N) is 1. The van der Waals surface area contributed by atoms with Crippen LogP contribution in [0.1, 0.15) is 41.8 Å². The molecule has 24 heavy (non-hydrogen) atoms. The molecule has 130 valence electrons. The van der Waals surface area contributed by atoms with Gasteiger partial charge in [-0.25, -0.2) is 0 Å². The number of hydrogen-bond donors (Lipinski definition) is 2. The van der Waals surface area contributed by atoms with Gasteiger partial charge in [0.15, 0.2) is 0 Å².